The number of rotatable bonds is 99. The number of unbranched alkanes of at least 4 members (excludes halogenated alkanes) is 48. The van der Waals surface area contributed by atoms with Crippen LogP contribution in [0, 0.1) is 0 Å². The van der Waals surface area contributed by atoms with Gasteiger partial charge in [-0.2, -0.15) is 0 Å². The van der Waals surface area contributed by atoms with Gasteiger partial charge in [0.15, 0.2) is 6.10 Å². The van der Waals surface area contributed by atoms with E-state index >= 15 is 0 Å². The number of hydrogen-bond acceptors (Lipinski definition) is 14. The number of hydrogen-bond donors (Lipinski definition) is 4. The maximum atomic E-state index is 13.1. The molecule has 129 heavy (non-hydrogen) atoms. The number of ether oxygens (including phenoxy) is 3. The second-order valence-corrected chi connectivity index (χ2v) is 37.8. The molecule has 4 N–H and O–H groups in total. The van der Waals surface area contributed by atoms with Crippen molar-refractivity contribution in [2.45, 2.75) is 476 Å². The Balaban J connectivity index is 4.60. The first-order chi connectivity index (χ1) is 63.2. The molecule has 0 amide bonds. The predicted molar refractivity (Wildman–Crippen MR) is 546 cm³/mol. The summed E-state index contributed by atoms with van der Waals surface area (Å²) in [6, 6.07) is 0. The molecule has 5 atom stereocenters. The van der Waals surface area contributed by atoms with E-state index < -0.39 is 91.5 Å². The van der Waals surface area contributed by atoms with Crippen LogP contribution >= 0.6 is 15.6 Å². The summed E-state index contributed by atoms with van der Waals surface area (Å²) in [5.41, 5.74) is 0. The molecule has 0 heterocycles. The van der Waals surface area contributed by atoms with Crippen molar-refractivity contribution in [3.05, 3.63) is 170 Å². The molecule has 16 nitrogen and oxygen atoms in total. The van der Waals surface area contributed by atoms with Crippen LogP contribution in [0.15, 0.2) is 170 Å². The Morgan fingerprint density at radius 2 is 0.411 bits per heavy atom. The molecule has 742 valence electrons. The molecule has 5 unspecified atom stereocenters. The first-order valence-electron chi connectivity index (χ1n) is 52.4. The lowest BCUT2D eigenvalue weighted by Gasteiger charge is -2.21. The van der Waals surface area contributed by atoms with Crippen LogP contribution in [0.25, 0.3) is 0 Å². The minimum absolute atomic E-state index is 0.100. The van der Waals surface area contributed by atoms with E-state index in [9.17, 15) is 43.5 Å². The van der Waals surface area contributed by atoms with E-state index in [4.69, 9.17) is 32.3 Å². The summed E-state index contributed by atoms with van der Waals surface area (Å²) in [5.74, 6) is -1.56. The molecule has 0 saturated heterocycles. The van der Waals surface area contributed by atoms with Crippen LogP contribution in [0.5, 0.6) is 0 Å². The van der Waals surface area contributed by atoms with Crippen molar-refractivity contribution < 1.29 is 75.8 Å². The Hall–Kier alpha value is -5.09. The summed E-state index contributed by atoms with van der Waals surface area (Å²) in [6.45, 7) is 2.51. The molecule has 0 aromatic rings. The number of aliphatic hydroxyl groups excluding tert-OH is 2. The van der Waals surface area contributed by atoms with Crippen LogP contribution in [-0.2, 0) is 55.8 Å². The van der Waals surface area contributed by atoms with Gasteiger partial charge in [0, 0.05) is 19.3 Å². The summed E-state index contributed by atoms with van der Waals surface area (Å²) in [4.78, 5) is 59.3. The minimum Gasteiger partial charge on any atom is -0.463 e. The van der Waals surface area contributed by atoms with Crippen molar-refractivity contribution in [3.8, 4) is 0 Å². The third-order valence-corrected chi connectivity index (χ3v) is 24.3. The second kappa shape index (κ2) is 102. The third-order valence-electron chi connectivity index (χ3n) is 22.4. The van der Waals surface area contributed by atoms with Gasteiger partial charge in [0.25, 0.3) is 0 Å². The molecule has 0 aliphatic heterocycles. The van der Waals surface area contributed by atoms with Crippen LogP contribution in [0.3, 0.4) is 0 Å². The molecule has 0 radical (unpaired) electrons. The monoisotopic (exact) mass is 1840 g/mol. The fourth-order valence-corrected chi connectivity index (χ4v) is 16.1. The van der Waals surface area contributed by atoms with E-state index in [0.29, 0.717) is 19.3 Å². The third kappa shape index (κ3) is 103. The Kier molecular flexibility index (Phi) is 97.8. The average molecular weight is 1840 g/mol. The molecule has 0 aromatic heterocycles. The van der Waals surface area contributed by atoms with Gasteiger partial charge in [-0.3, -0.25) is 32.5 Å². The van der Waals surface area contributed by atoms with Gasteiger partial charge in [0.05, 0.1) is 26.4 Å². The highest BCUT2D eigenvalue weighted by Gasteiger charge is 2.30. The van der Waals surface area contributed by atoms with E-state index in [1.54, 1.807) is 0 Å². The maximum absolute atomic E-state index is 13.1. The van der Waals surface area contributed by atoms with Crippen LogP contribution in [0.4, 0.5) is 0 Å². The average Bonchev–Trinajstić information content (AvgIpc) is 0.898. The molecule has 0 saturated carbocycles. The van der Waals surface area contributed by atoms with Crippen LogP contribution in [0.2, 0.25) is 0 Å². The highest BCUT2D eigenvalue weighted by molar-refractivity contribution is 7.47. The normalized spacial score (nSPS) is 14.3. The number of carbonyl (C=O) groups excluding carboxylic acids is 3. The lowest BCUT2D eigenvalue weighted by Crippen LogP contribution is -2.30. The maximum Gasteiger partial charge on any atom is 0.472 e. The fourth-order valence-electron chi connectivity index (χ4n) is 14.6. The molecule has 0 fully saturated rings. The van der Waals surface area contributed by atoms with Crippen molar-refractivity contribution in [2.75, 3.05) is 39.6 Å². The lowest BCUT2D eigenvalue weighted by atomic mass is 10.0. The molecule has 0 rings (SSSR count). The first kappa shape index (κ1) is 124. The Labute approximate surface area is 790 Å². The Bertz CT molecular complexity index is 3030. The second-order valence-electron chi connectivity index (χ2n) is 34.9. The zero-order chi connectivity index (χ0) is 93.5. The molecular weight excluding hydrogens is 1650 g/mol. The van der Waals surface area contributed by atoms with Gasteiger partial charge in [-0.15, -0.1) is 0 Å². The van der Waals surface area contributed by atoms with Gasteiger partial charge < -0.3 is 34.2 Å². The SMILES string of the molecule is CC/C=C\C/C=C\C/C=C\C/C=C\C/C=C\CCCCCCCCCCCCCCCCCC(=O)OCC(COP(=O)(O)OCC(O)COP(=O)(O)OCC(O)COC(=O)CCCCCCCCCCCCCCCCCCC/C=C\C/C=C\C/C=C\C/C=C\CCCCC)OC(=O)CCCCCCCCCCCCCCC/C=C\C/C=C\C/C=C\C/C=C\C/C=C\CC. The van der Waals surface area contributed by atoms with Gasteiger partial charge in [0.2, 0.25) is 0 Å². The smallest absolute Gasteiger partial charge is 0.463 e. The van der Waals surface area contributed by atoms with Gasteiger partial charge in [-0.1, -0.05) is 454 Å². The van der Waals surface area contributed by atoms with Gasteiger partial charge in [0.1, 0.15) is 25.4 Å². The Morgan fingerprint density at radius 3 is 0.651 bits per heavy atom. The molecule has 0 aliphatic carbocycles. The molecule has 0 spiro atoms. The van der Waals surface area contributed by atoms with Gasteiger partial charge >= 0.3 is 33.6 Å². The number of carbonyl (C=O) groups is 3. The summed E-state index contributed by atoms with van der Waals surface area (Å²) in [7, 11) is -9.82. The van der Waals surface area contributed by atoms with Crippen LogP contribution in [0.1, 0.15) is 457 Å². The van der Waals surface area contributed by atoms with Crippen molar-refractivity contribution >= 4 is 33.6 Å². The summed E-state index contributed by atoms with van der Waals surface area (Å²) in [6.07, 6.45) is 134. The standard InChI is InChI=1S/C111H192O16P2/c1-4-7-10-13-16-19-22-25-28-31-34-37-40-43-46-49-51-52-54-57-58-61-64-67-70-73-76-79-82-85-88-91-94-97-109(114)121-100-106(112)101-123-128(117,118)124-102-107(113)103-125-129(119,120)126-105-108(127-111(116)99-96-93-90-87-84-81-78-75-72-69-66-63-60-55-48-45-42-39-36-33-30-27-24-21-18-15-12-9-6-3)104-122-110(115)98-95-92-89-86-83-80-77-74-71-68-65-62-59-56-53-50-47-44-41-38-35-32-29-26-23-20-17-14-11-8-5-2/h8-9,11-12,16-21,25-30,34-39,43-48,106-108,112-113H,4-7,10,13-15,22-24,31-33,40-42,49-105H2,1-3H3,(H,117,118)(H,119,120)/b11-8-,12-9-,19-16-,20-17-,21-18-,28-25-,29-26-,30-27-,37-34-,38-35-,39-36-,46-43-,47-44-,48-45-. The highest BCUT2D eigenvalue weighted by atomic mass is 31.2. The van der Waals surface area contributed by atoms with Gasteiger partial charge in [-0.05, 0) is 154 Å². The largest absolute Gasteiger partial charge is 0.472 e. The van der Waals surface area contributed by atoms with Crippen molar-refractivity contribution in [3.63, 3.8) is 0 Å². The highest BCUT2D eigenvalue weighted by Crippen LogP contribution is 2.45. The summed E-state index contributed by atoms with van der Waals surface area (Å²) in [5, 5.41) is 20.8. The van der Waals surface area contributed by atoms with E-state index in [-0.39, 0.29) is 19.3 Å². The quantitative estimate of drug-likeness (QED) is 0.0146. The lowest BCUT2D eigenvalue weighted by molar-refractivity contribution is -0.161. The minimum atomic E-state index is -4.95. The zero-order valence-electron chi connectivity index (χ0n) is 82.3. The summed E-state index contributed by atoms with van der Waals surface area (Å²) < 4.78 is 61.8. The van der Waals surface area contributed by atoms with Gasteiger partial charge in [-0.25, -0.2) is 9.13 Å². The molecule has 18 heteroatoms. The van der Waals surface area contributed by atoms with Crippen LogP contribution in [-0.4, -0.2) is 95.9 Å². The van der Waals surface area contributed by atoms with Crippen LogP contribution < -0.4 is 0 Å². The molecular formula is C111H192O16P2. The fraction of sp³-hybridized carbons (Fsp3) is 0.721. The van der Waals surface area contributed by atoms with E-state index in [1.165, 1.54) is 244 Å². The Morgan fingerprint density at radius 1 is 0.225 bits per heavy atom. The summed E-state index contributed by atoms with van der Waals surface area (Å²) >= 11 is 0. The van der Waals surface area contributed by atoms with E-state index in [2.05, 4.69) is 191 Å². The molecule has 0 aromatic carbocycles. The molecule has 0 aliphatic rings. The zero-order valence-corrected chi connectivity index (χ0v) is 84.1. The topological polar surface area (TPSA) is 231 Å². The van der Waals surface area contributed by atoms with E-state index in [1.807, 2.05) is 0 Å². The van der Waals surface area contributed by atoms with Crippen molar-refractivity contribution in [1.29, 1.82) is 0 Å². The first-order valence-corrected chi connectivity index (χ1v) is 55.4. The predicted octanol–water partition coefficient (Wildman–Crippen LogP) is 33.3. The number of phosphoric acid groups is 2. The number of allylic oxidation sites excluding steroid dienone is 28. The van der Waals surface area contributed by atoms with Crippen molar-refractivity contribution in [1.82, 2.24) is 0 Å². The number of esters is 3. The number of phosphoric ester groups is 2. The molecule has 0 bridgehead atoms. The van der Waals surface area contributed by atoms with E-state index in [0.717, 1.165) is 154 Å². The number of aliphatic hydroxyl groups is 2. The van der Waals surface area contributed by atoms with Crippen molar-refractivity contribution in [2.24, 2.45) is 0 Å².